The van der Waals surface area contributed by atoms with Crippen LogP contribution in [0, 0.1) is 6.42 Å². The van der Waals surface area contributed by atoms with Gasteiger partial charge in [-0.3, -0.25) is 0 Å². The van der Waals surface area contributed by atoms with Gasteiger partial charge in [-0.1, -0.05) is 20.4 Å². The Kier molecular flexibility index (Phi) is 10.7. The highest BCUT2D eigenvalue weighted by Crippen LogP contribution is 2.04. The molecule has 0 heterocycles. The molecule has 0 aromatic carbocycles. The van der Waals surface area contributed by atoms with Gasteiger partial charge in [0.05, 0.1) is 0 Å². The largest absolute Gasteiger partial charge is 0.528 e. The summed E-state index contributed by atoms with van der Waals surface area (Å²) in [4.78, 5) is 0. The molecule has 73 valence electrons. The summed E-state index contributed by atoms with van der Waals surface area (Å²) in [5.41, 5.74) is 1.58. The standard InChI is InChI=1S/C5H12O3Si.C3H7/c1-5-9(6-2,7-3)8-4;1-3-2/h5H,1H2,2-4H3;3H,1-2H3. The monoisotopic (exact) mass is 191 g/mol. The molecule has 12 heavy (non-hydrogen) atoms. The highest BCUT2D eigenvalue weighted by atomic mass is 28.4. The van der Waals surface area contributed by atoms with E-state index in [-0.39, 0.29) is 0 Å². The van der Waals surface area contributed by atoms with E-state index in [9.17, 15) is 0 Å². The summed E-state index contributed by atoms with van der Waals surface area (Å²) >= 11 is 0. The van der Waals surface area contributed by atoms with Crippen LogP contribution in [0.25, 0.3) is 0 Å². The van der Waals surface area contributed by atoms with Crippen molar-refractivity contribution in [3.8, 4) is 0 Å². The average molecular weight is 191 g/mol. The van der Waals surface area contributed by atoms with Gasteiger partial charge >= 0.3 is 8.80 Å². The van der Waals surface area contributed by atoms with Gasteiger partial charge in [-0.15, -0.1) is 0 Å². The van der Waals surface area contributed by atoms with Crippen molar-refractivity contribution in [2.75, 3.05) is 21.3 Å². The molecule has 0 bridgehead atoms. The summed E-state index contributed by atoms with van der Waals surface area (Å²) in [6, 6.07) is 0. The second-order valence-corrected chi connectivity index (χ2v) is 4.84. The Morgan fingerprint density at radius 3 is 1.25 bits per heavy atom. The van der Waals surface area contributed by atoms with Crippen molar-refractivity contribution in [1.29, 1.82) is 0 Å². The molecule has 0 saturated carbocycles. The summed E-state index contributed by atoms with van der Waals surface area (Å²) in [7, 11) is 2.20. The molecular weight excluding hydrogens is 172 g/mol. The van der Waals surface area contributed by atoms with Gasteiger partial charge in [-0.05, 0) is 12.1 Å². The van der Waals surface area contributed by atoms with Gasteiger partial charge in [0.2, 0.25) is 0 Å². The first-order valence-electron chi connectivity index (χ1n) is 3.69. The fraction of sp³-hybridized carbons (Fsp3) is 0.625. The highest BCUT2D eigenvalue weighted by Gasteiger charge is 2.33. The molecular formula is C8H19O3Si. The minimum absolute atomic E-state index is 1.54. The zero-order chi connectivity index (χ0) is 10.0. The molecule has 0 saturated heterocycles. The van der Waals surface area contributed by atoms with E-state index in [1.165, 1.54) is 0 Å². The zero-order valence-electron chi connectivity index (χ0n) is 8.59. The number of rotatable bonds is 4. The molecule has 0 aromatic rings. The minimum atomic E-state index is -2.43. The van der Waals surface area contributed by atoms with Crippen molar-refractivity contribution < 1.29 is 13.3 Å². The summed E-state index contributed by atoms with van der Waals surface area (Å²) in [5.74, 6) is 0. The molecule has 0 aliphatic carbocycles. The average Bonchev–Trinajstić information content (AvgIpc) is 2.11. The number of hydrogen-bond acceptors (Lipinski definition) is 3. The molecule has 0 amide bonds. The van der Waals surface area contributed by atoms with Crippen molar-refractivity contribution in [2.45, 2.75) is 13.8 Å². The van der Waals surface area contributed by atoms with E-state index in [2.05, 4.69) is 6.58 Å². The molecule has 0 unspecified atom stereocenters. The Morgan fingerprint density at radius 1 is 1.00 bits per heavy atom. The highest BCUT2D eigenvalue weighted by molar-refractivity contribution is 6.66. The van der Waals surface area contributed by atoms with E-state index in [0.29, 0.717) is 0 Å². The summed E-state index contributed by atoms with van der Waals surface area (Å²) in [6.07, 6.45) is 2.00. The molecule has 0 atom stereocenters. The van der Waals surface area contributed by atoms with Crippen molar-refractivity contribution in [3.63, 3.8) is 0 Å². The molecule has 0 aliphatic heterocycles. The van der Waals surface area contributed by atoms with Gasteiger partial charge in [0, 0.05) is 21.3 Å². The lowest BCUT2D eigenvalue weighted by molar-refractivity contribution is 0.138. The SMILES string of the molecule is C=C[Si](OC)(OC)OC.C[CH]C. The second kappa shape index (κ2) is 8.93. The molecule has 3 nitrogen and oxygen atoms in total. The molecule has 0 aromatic heterocycles. The van der Waals surface area contributed by atoms with E-state index in [1.54, 1.807) is 27.0 Å². The van der Waals surface area contributed by atoms with Gasteiger partial charge < -0.3 is 13.3 Å². The molecule has 0 aliphatic rings. The summed E-state index contributed by atoms with van der Waals surface area (Å²) in [6.45, 7) is 7.53. The Labute approximate surface area is 76.7 Å². The predicted molar refractivity (Wildman–Crippen MR) is 52.6 cm³/mol. The lowest BCUT2D eigenvalue weighted by Crippen LogP contribution is -2.40. The van der Waals surface area contributed by atoms with Crippen LogP contribution in [0.15, 0.2) is 12.3 Å². The fourth-order valence-electron chi connectivity index (χ4n) is 0.500. The lowest BCUT2D eigenvalue weighted by atomic mass is 10.6. The van der Waals surface area contributed by atoms with Crippen molar-refractivity contribution in [1.82, 2.24) is 0 Å². The molecule has 0 fully saturated rings. The van der Waals surface area contributed by atoms with Gasteiger partial charge in [0.25, 0.3) is 0 Å². The van der Waals surface area contributed by atoms with E-state index in [0.717, 1.165) is 0 Å². The Morgan fingerprint density at radius 2 is 1.25 bits per heavy atom. The van der Waals surface area contributed by atoms with E-state index in [1.807, 2.05) is 20.3 Å². The van der Waals surface area contributed by atoms with Crippen LogP contribution in [-0.4, -0.2) is 30.1 Å². The van der Waals surface area contributed by atoms with Crippen LogP contribution in [0.3, 0.4) is 0 Å². The quantitative estimate of drug-likeness (QED) is 0.634. The Hall–Kier alpha value is -0.163. The van der Waals surface area contributed by atoms with Crippen molar-refractivity contribution in [2.24, 2.45) is 0 Å². The molecule has 0 N–H and O–H groups in total. The van der Waals surface area contributed by atoms with E-state index >= 15 is 0 Å². The molecule has 1 radical (unpaired) electrons. The molecule has 0 spiro atoms. The van der Waals surface area contributed by atoms with Crippen LogP contribution in [-0.2, 0) is 13.3 Å². The first-order chi connectivity index (χ1) is 5.66. The van der Waals surface area contributed by atoms with Gasteiger partial charge in [0.1, 0.15) is 0 Å². The van der Waals surface area contributed by atoms with Crippen LogP contribution in [0.4, 0.5) is 0 Å². The fourth-order valence-corrected chi connectivity index (χ4v) is 1.50. The lowest BCUT2D eigenvalue weighted by Gasteiger charge is -2.19. The van der Waals surface area contributed by atoms with Crippen LogP contribution in [0.5, 0.6) is 0 Å². The van der Waals surface area contributed by atoms with Gasteiger partial charge in [0.15, 0.2) is 0 Å². The van der Waals surface area contributed by atoms with E-state index < -0.39 is 8.80 Å². The topological polar surface area (TPSA) is 27.7 Å². The third-order valence-corrected chi connectivity index (χ3v) is 3.31. The van der Waals surface area contributed by atoms with Crippen LogP contribution >= 0.6 is 0 Å². The molecule has 4 heteroatoms. The number of hydrogen-bond donors (Lipinski definition) is 0. The molecule has 0 rings (SSSR count). The first-order valence-corrected chi connectivity index (χ1v) is 5.49. The Balaban J connectivity index is 0. The third kappa shape index (κ3) is 5.48. The summed E-state index contributed by atoms with van der Waals surface area (Å²) in [5, 5.41) is 0. The normalized spacial score (nSPS) is 10.1. The predicted octanol–water partition coefficient (Wildman–Crippen LogP) is 1.82. The maximum Gasteiger partial charge on any atom is 0.528 e. The smallest absolute Gasteiger partial charge is 0.374 e. The zero-order valence-corrected chi connectivity index (χ0v) is 9.59. The van der Waals surface area contributed by atoms with Crippen LogP contribution in [0.1, 0.15) is 13.8 Å². The van der Waals surface area contributed by atoms with Gasteiger partial charge in [-0.25, -0.2) is 0 Å². The summed E-state index contributed by atoms with van der Waals surface area (Å²) < 4.78 is 14.9. The Bertz CT molecular complexity index is 94.2. The third-order valence-electron chi connectivity index (χ3n) is 1.10. The maximum atomic E-state index is 4.96. The van der Waals surface area contributed by atoms with Crippen LogP contribution < -0.4 is 0 Å². The van der Waals surface area contributed by atoms with Crippen molar-refractivity contribution in [3.05, 3.63) is 18.7 Å². The van der Waals surface area contributed by atoms with Crippen LogP contribution in [0.2, 0.25) is 0 Å². The second-order valence-electron chi connectivity index (χ2n) is 2.00. The van der Waals surface area contributed by atoms with Crippen molar-refractivity contribution >= 4 is 8.80 Å². The van der Waals surface area contributed by atoms with Gasteiger partial charge in [-0.2, -0.15) is 0 Å². The minimum Gasteiger partial charge on any atom is -0.374 e. The van der Waals surface area contributed by atoms with E-state index in [4.69, 9.17) is 13.3 Å². The maximum absolute atomic E-state index is 4.96. The first kappa shape index (κ1) is 14.4.